The van der Waals surface area contributed by atoms with Gasteiger partial charge in [0.15, 0.2) is 5.82 Å². The van der Waals surface area contributed by atoms with E-state index in [9.17, 15) is 0 Å². The molecule has 0 saturated heterocycles. The highest BCUT2D eigenvalue weighted by Crippen LogP contribution is 2.38. The van der Waals surface area contributed by atoms with Gasteiger partial charge >= 0.3 is 0 Å². The van der Waals surface area contributed by atoms with Crippen LogP contribution in [0.4, 0.5) is 0 Å². The van der Waals surface area contributed by atoms with Gasteiger partial charge in [0.05, 0.1) is 12.7 Å². The maximum Gasteiger partial charge on any atom is 0.210 e. The molecule has 2 aromatic carbocycles. The van der Waals surface area contributed by atoms with Gasteiger partial charge in [-0.15, -0.1) is 10.2 Å². The number of hydrogen-bond acceptors (Lipinski definition) is 5. The lowest BCUT2D eigenvalue weighted by molar-refractivity contribution is 0.416. The molecular formula is C17H17ClN4OS. The van der Waals surface area contributed by atoms with E-state index in [0.717, 1.165) is 16.1 Å². The van der Waals surface area contributed by atoms with Gasteiger partial charge in [0, 0.05) is 10.3 Å². The van der Waals surface area contributed by atoms with Gasteiger partial charge in [-0.1, -0.05) is 53.7 Å². The molecule has 24 heavy (non-hydrogen) atoms. The van der Waals surface area contributed by atoms with E-state index in [0.29, 0.717) is 16.7 Å². The van der Waals surface area contributed by atoms with E-state index in [2.05, 4.69) is 17.1 Å². The van der Waals surface area contributed by atoms with Gasteiger partial charge in [0.2, 0.25) is 5.16 Å². The van der Waals surface area contributed by atoms with E-state index < -0.39 is 0 Å². The monoisotopic (exact) mass is 360 g/mol. The summed E-state index contributed by atoms with van der Waals surface area (Å²) < 4.78 is 6.85. The normalized spacial score (nSPS) is 12.1. The molecule has 0 spiro atoms. The molecule has 3 aromatic rings. The number of ether oxygens (including phenoxy) is 1. The van der Waals surface area contributed by atoms with Crippen LogP contribution >= 0.6 is 23.4 Å². The Labute approximate surface area is 149 Å². The van der Waals surface area contributed by atoms with Crippen LogP contribution in [0.3, 0.4) is 0 Å². The van der Waals surface area contributed by atoms with Crippen molar-refractivity contribution in [3.63, 3.8) is 0 Å². The van der Waals surface area contributed by atoms with Crippen LogP contribution in [-0.2, 0) is 0 Å². The fourth-order valence-electron chi connectivity index (χ4n) is 2.40. The molecule has 0 amide bonds. The third-order valence-electron chi connectivity index (χ3n) is 3.64. The highest BCUT2D eigenvalue weighted by atomic mass is 35.5. The van der Waals surface area contributed by atoms with E-state index in [1.807, 2.05) is 48.5 Å². The first-order valence-electron chi connectivity index (χ1n) is 7.36. The van der Waals surface area contributed by atoms with Crippen molar-refractivity contribution >= 4 is 23.4 Å². The molecule has 7 heteroatoms. The van der Waals surface area contributed by atoms with Gasteiger partial charge in [-0.2, -0.15) is 0 Å². The summed E-state index contributed by atoms with van der Waals surface area (Å²) in [6.45, 7) is 2.06. The minimum absolute atomic E-state index is 0.0933. The van der Waals surface area contributed by atoms with E-state index in [1.54, 1.807) is 7.11 Å². The van der Waals surface area contributed by atoms with Crippen molar-refractivity contribution in [1.29, 1.82) is 0 Å². The van der Waals surface area contributed by atoms with E-state index in [-0.39, 0.29) is 5.25 Å². The first kappa shape index (κ1) is 16.7. The molecule has 0 bridgehead atoms. The molecule has 2 N–H and O–H groups in total. The molecule has 0 aliphatic rings. The SMILES string of the molecule is COc1ccccc1-c1nnc(SC(C)c2ccccc2Cl)n1N. The molecule has 0 saturated carbocycles. The number of hydrogen-bond donors (Lipinski definition) is 1. The van der Waals surface area contributed by atoms with Crippen LogP contribution in [-0.4, -0.2) is 22.0 Å². The Kier molecular flexibility index (Phi) is 4.97. The zero-order valence-electron chi connectivity index (χ0n) is 13.3. The Morgan fingerprint density at radius 1 is 1.12 bits per heavy atom. The molecule has 1 atom stereocenters. The summed E-state index contributed by atoms with van der Waals surface area (Å²) in [4.78, 5) is 0. The summed E-state index contributed by atoms with van der Waals surface area (Å²) in [5, 5.41) is 9.87. The maximum absolute atomic E-state index is 6.26. The van der Waals surface area contributed by atoms with Gasteiger partial charge in [0.25, 0.3) is 0 Å². The van der Waals surface area contributed by atoms with Crippen LogP contribution < -0.4 is 10.6 Å². The summed E-state index contributed by atoms with van der Waals surface area (Å²) in [5.74, 6) is 7.46. The summed E-state index contributed by atoms with van der Waals surface area (Å²) in [7, 11) is 1.62. The number of thioether (sulfide) groups is 1. The molecule has 5 nitrogen and oxygen atoms in total. The van der Waals surface area contributed by atoms with E-state index in [4.69, 9.17) is 22.2 Å². The highest BCUT2D eigenvalue weighted by molar-refractivity contribution is 7.99. The lowest BCUT2D eigenvalue weighted by atomic mass is 10.2. The van der Waals surface area contributed by atoms with Gasteiger partial charge in [-0.3, -0.25) is 0 Å². The number of aromatic nitrogens is 3. The first-order valence-corrected chi connectivity index (χ1v) is 8.62. The minimum Gasteiger partial charge on any atom is -0.496 e. The van der Waals surface area contributed by atoms with E-state index in [1.165, 1.54) is 16.4 Å². The number of halogens is 1. The van der Waals surface area contributed by atoms with Crippen LogP contribution in [0.5, 0.6) is 5.75 Å². The Morgan fingerprint density at radius 2 is 1.83 bits per heavy atom. The topological polar surface area (TPSA) is 66.0 Å². The number of benzene rings is 2. The van der Waals surface area contributed by atoms with Crippen molar-refractivity contribution in [3.8, 4) is 17.1 Å². The first-order chi connectivity index (χ1) is 11.6. The number of para-hydroxylation sites is 1. The van der Waals surface area contributed by atoms with Crippen molar-refractivity contribution in [2.75, 3.05) is 13.0 Å². The maximum atomic E-state index is 6.26. The van der Waals surface area contributed by atoms with Crippen LogP contribution in [0, 0.1) is 0 Å². The van der Waals surface area contributed by atoms with Crippen molar-refractivity contribution in [1.82, 2.24) is 14.9 Å². The second kappa shape index (κ2) is 7.15. The lowest BCUT2D eigenvalue weighted by Gasteiger charge is -2.13. The Bertz CT molecular complexity index is 852. The lowest BCUT2D eigenvalue weighted by Crippen LogP contribution is -2.12. The third-order valence-corrected chi connectivity index (χ3v) is 5.08. The quantitative estimate of drug-likeness (QED) is 0.546. The number of nitrogens with zero attached hydrogens (tertiary/aromatic N) is 3. The fourth-order valence-corrected chi connectivity index (χ4v) is 3.70. The second-order valence-electron chi connectivity index (χ2n) is 5.16. The summed E-state index contributed by atoms with van der Waals surface area (Å²) >= 11 is 7.77. The largest absolute Gasteiger partial charge is 0.496 e. The molecule has 3 rings (SSSR count). The van der Waals surface area contributed by atoms with Gasteiger partial charge in [-0.25, -0.2) is 4.68 Å². The summed E-state index contributed by atoms with van der Waals surface area (Å²) in [5.41, 5.74) is 1.83. The van der Waals surface area contributed by atoms with Crippen molar-refractivity contribution < 1.29 is 4.74 Å². The third kappa shape index (κ3) is 3.20. The molecule has 1 aromatic heterocycles. The van der Waals surface area contributed by atoms with Crippen molar-refractivity contribution in [3.05, 3.63) is 59.1 Å². The molecule has 124 valence electrons. The average molecular weight is 361 g/mol. The number of nitrogens with two attached hydrogens (primary N) is 1. The van der Waals surface area contributed by atoms with E-state index >= 15 is 0 Å². The van der Waals surface area contributed by atoms with Crippen LogP contribution in [0.2, 0.25) is 5.02 Å². The number of nitrogen functional groups attached to an aromatic ring is 1. The molecular weight excluding hydrogens is 344 g/mol. The van der Waals surface area contributed by atoms with Crippen molar-refractivity contribution in [2.24, 2.45) is 0 Å². The van der Waals surface area contributed by atoms with Gasteiger partial charge < -0.3 is 10.6 Å². The molecule has 0 fully saturated rings. The minimum atomic E-state index is 0.0933. The van der Waals surface area contributed by atoms with Crippen LogP contribution in [0.1, 0.15) is 17.7 Å². The van der Waals surface area contributed by atoms with Gasteiger partial charge in [-0.05, 0) is 30.7 Å². The number of methoxy groups -OCH3 is 1. The van der Waals surface area contributed by atoms with Crippen molar-refractivity contribution in [2.45, 2.75) is 17.3 Å². The molecule has 1 heterocycles. The number of rotatable bonds is 5. The molecule has 0 aliphatic heterocycles. The fraction of sp³-hybridized carbons (Fsp3) is 0.176. The summed E-state index contributed by atoms with van der Waals surface area (Å²) in [6, 6.07) is 15.3. The summed E-state index contributed by atoms with van der Waals surface area (Å²) in [6.07, 6.45) is 0. The second-order valence-corrected chi connectivity index (χ2v) is 6.87. The Morgan fingerprint density at radius 3 is 2.58 bits per heavy atom. The molecule has 0 aliphatic carbocycles. The zero-order chi connectivity index (χ0) is 17.1. The molecule has 1 unspecified atom stereocenters. The predicted molar refractivity (Wildman–Crippen MR) is 97.9 cm³/mol. The van der Waals surface area contributed by atoms with Crippen LogP contribution in [0.25, 0.3) is 11.4 Å². The zero-order valence-corrected chi connectivity index (χ0v) is 14.9. The average Bonchev–Trinajstić information content (AvgIpc) is 2.95. The predicted octanol–water partition coefficient (Wildman–Crippen LogP) is 4.17. The molecule has 0 radical (unpaired) electrons. The van der Waals surface area contributed by atoms with Gasteiger partial charge in [0.1, 0.15) is 5.75 Å². The highest BCUT2D eigenvalue weighted by Gasteiger charge is 2.19. The smallest absolute Gasteiger partial charge is 0.210 e. The van der Waals surface area contributed by atoms with Crippen LogP contribution in [0.15, 0.2) is 53.7 Å². The Hall–Kier alpha value is -2.18. The standard InChI is InChI=1S/C17H17ClN4OS/c1-11(12-7-3-5-9-14(12)18)24-17-21-20-16(22(17)19)13-8-4-6-10-15(13)23-2/h3-11H,19H2,1-2H3. The Balaban J connectivity index is 1.89.